The molecule has 0 aromatic heterocycles. The highest BCUT2D eigenvalue weighted by atomic mass is 16.2. The maximum atomic E-state index is 12.5. The quantitative estimate of drug-likeness (QED) is 0.763. The van der Waals surface area contributed by atoms with Gasteiger partial charge in [0.1, 0.15) is 0 Å². The number of carbonyl (C=O) groups is 2. The fourth-order valence-electron chi connectivity index (χ4n) is 4.82. The number of fused-ring (bicyclic) bond motifs is 1. The molecule has 2 heterocycles. The second-order valence-corrected chi connectivity index (χ2v) is 8.89. The van der Waals surface area contributed by atoms with Crippen molar-refractivity contribution in [3.05, 3.63) is 65.2 Å². The molecular weight excluding hydrogens is 374 g/mol. The average molecular weight is 406 g/mol. The Morgan fingerprint density at radius 1 is 1.17 bits per heavy atom. The largest absolute Gasteiger partial charge is 0.345 e. The lowest BCUT2D eigenvalue weighted by atomic mass is 9.83. The van der Waals surface area contributed by atoms with E-state index in [-0.39, 0.29) is 24.3 Å². The number of nitrogens with zero attached hydrogens (tertiary/aromatic N) is 1. The number of rotatable bonds is 6. The highest BCUT2D eigenvalue weighted by Crippen LogP contribution is 2.29. The van der Waals surface area contributed by atoms with Gasteiger partial charge in [-0.15, -0.1) is 0 Å². The molecule has 3 atom stereocenters. The number of likely N-dealkylation sites (tertiary alicyclic amines) is 1. The highest BCUT2D eigenvalue weighted by molar-refractivity contribution is 6.00. The van der Waals surface area contributed by atoms with E-state index in [1.165, 1.54) is 31.5 Å². The van der Waals surface area contributed by atoms with Crippen LogP contribution in [-0.4, -0.2) is 36.9 Å². The molecule has 0 spiro atoms. The van der Waals surface area contributed by atoms with Gasteiger partial charge in [0.15, 0.2) is 0 Å². The summed E-state index contributed by atoms with van der Waals surface area (Å²) in [5.74, 6) is 1.35. The maximum Gasteiger partial charge on any atom is 0.252 e. The van der Waals surface area contributed by atoms with Gasteiger partial charge in [-0.1, -0.05) is 37.3 Å². The molecule has 2 aromatic carbocycles. The van der Waals surface area contributed by atoms with Crippen LogP contribution in [0, 0.1) is 11.8 Å². The first-order chi connectivity index (χ1) is 14.5. The molecule has 2 aliphatic heterocycles. The average Bonchev–Trinajstić information content (AvgIpc) is 3.04. The fraction of sp³-hybridized carbons (Fsp3) is 0.440. The topological polar surface area (TPSA) is 61.4 Å². The minimum atomic E-state index is -0.260. The molecule has 2 aromatic rings. The van der Waals surface area contributed by atoms with Crippen molar-refractivity contribution in [3.8, 4) is 0 Å². The number of hydrogen-bond donors (Lipinski definition) is 2. The molecule has 0 bridgehead atoms. The molecule has 1 fully saturated rings. The SMILES string of the molecule is C[C@@H]1CN(C)CC[C@@H]1CCc1ccc(NC(=O)C[C@H]2NC(=O)c3ccccc32)cc1. The summed E-state index contributed by atoms with van der Waals surface area (Å²) in [7, 11) is 2.21. The van der Waals surface area contributed by atoms with E-state index >= 15 is 0 Å². The van der Waals surface area contributed by atoms with Gasteiger partial charge in [0.05, 0.1) is 12.5 Å². The predicted molar refractivity (Wildman–Crippen MR) is 119 cm³/mol. The van der Waals surface area contributed by atoms with Crippen LogP contribution in [0.2, 0.25) is 0 Å². The monoisotopic (exact) mass is 405 g/mol. The molecular formula is C25H31N3O2. The van der Waals surface area contributed by atoms with Gasteiger partial charge in [-0.3, -0.25) is 9.59 Å². The molecule has 5 heteroatoms. The summed E-state index contributed by atoms with van der Waals surface area (Å²) in [5, 5.41) is 5.86. The first-order valence-corrected chi connectivity index (χ1v) is 11.0. The van der Waals surface area contributed by atoms with E-state index in [1.54, 1.807) is 6.07 Å². The van der Waals surface area contributed by atoms with Gasteiger partial charge < -0.3 is 15.5 Å². The van der Waals surface area contributed by atoms with E-state index < -0.39 is 0 Å². The number of piperidine rings is 1. The Labute approximate surface area is 178 Å². The summed E-state index contributed by atoms with van der Waals surface area (Å²) in [6.07, 6.45) is 3.82. The maximum absolute atomic E-state index is 12.5. The van der Waals surface area contributed by atoms with Gasteiger partial charge in [-0.25, -0.2) is 0 Å². The zero-order chi connectivity index (χ0) is 21.1. The molecule has 0 saturated carbocycles. The molecule has 30 heavy (non-hydrogen) atoms. The molecule has 0 aliphatic carbocycles. The Hall–Kier alpha value is -2.66. The van der Waals surface area contributed by atoms with Gasteiger partial charge in [0, 0.05) is 17.8 Å². The zero-order valence-electron chi connectivity index (χ0n) is 17.9. The van der Waals surface area contributed by atoms with Gasteiger partial charge in [-0.05, 0) is 74.0 Å². The van der Waals surface area contributed by atoms with Crippen LogP contribution in [0.1, 0.15) is 53.7 Å². The minimum Gasteiger partial charge on any atom is -0.345 e. The molecule has 158 valence electrons. The Morgan fingerprint density at radius 3 is 2.70 bits per heavy atom. The van der Waals surface area contributed by atoms with Crippen molar-refractivity contribution in [1.82, 2.24) is 10.2 Å². The standard InChI is InChI=1S/C25H31N3O2/c1-17-16-28(2)14-13-19(17)10-7-18-8-11-20(12-9-18)26-24(29)15-23-21-5-3-4-6-22(21)25(30)27-23/h3-6,8-9,11-12,17,19,23H,7,10,13-16H2,1-2H3,(H,26,29)(H,27,30)/t17-,19+,23-/m1/s1. The third-order valence-corrected chi connectivity index (χ3v) is 6.60. The van der Waals surface area contributed by atoms with E-state index in [1.807, 2.05) is 30.3 Å². The van der Waals surface area contributed by atoms with Crippen LogP contribution in [0.25, 0.3) is 0 Å². The Kier molecular flexibility index (Phi) is 6.18. The summed E-state index contributed by atoms with van der Waals surface area (Å²) < 4.78 is 0. The number of amides is 2. The lowest BCUT2D eigenvalue weighted by Crippen LogP contribution is -2.36. The van der Waals surface area contributed by atoms with E-state index in [2.05, 4.69) is 41.6 Å². The molecule has 1 saturated heterocycles. The van der Waals surface area contributed by atoms with Crippen LogP contribution in [-0.2, 0) is 11.2 Å². The van der Waals surface area contributed by atoms with Crippen LogP contribution in [0.4, 0.5) is 5.69 Å². The van der Waals surface area contributed by atoms with E-state index in [0.29, 0.717) is 5.56 Å². The summed E-state index contributed by atoms with van der Waals surface area (Å²) in [6.45, 7) is 4.76. The predicted octanol–water partition coefficient (Wildman–Crippen LogP) is 4.02. The summed E-state index contributed by atoms with van der Waals surface area (Å²) in [6, 6.07) is 15.4. The summed E-state index contributed by atoms with van der Waals surface area (Å²) in [5.41, 5.74) is 3.68. The number of hydrogen-bond acceptors (Lipinski definition) is 3. The number of benzene rings is 2. The fourth-order valence-corrected chi connectivity index (χ4v) is 4.82. The Bertz CT molecular complexity index is 909. The van der Waals surface area contributed by atoms with Crippen molar-refractivity contribution < 1.29 is 9.59 Å². The van der Waals surface area contributed by atoms with E-state index in [9.17, 15) is 9.59 Å². The van der Waals surface area contributed by atoms with Crippen LogP contribution >= 0.6 is 0 Å². The molecule has 0 unspecified atom stereocenters. The molecule has 5 nitrogen and oxygen atoms in total. The first-order valence-electron chi connectivity index (χ1n) is 11.0. The van der Waals surface area contributed by atoms with Crippen molar-refractivity contribution >= 4 is 17.5 Å². The third-order valence-electron chi connectivity index (χ3n) is 6.60. The smallest absolute Gasteiger partial charge is 0.252 e. The van der Waals surface area contributed by atoms with Crippen molar-refractivity contribution in [3.63, 3.8) is 0 Å². The lowest BCUT2D eigenvalue weighted by Gasteiger charge is -2.34. The second kappa shape index (κ2) is 9.00. The second-order valence-electron chi connectivity index (χ2n) is 8.89. The van der Waals surface area contributed by atoms with Crippen molar-refractivity contribution in [2.24, 2.45) is 11.8 Å². The minimum absolute atomic E-state index is 0.0927. The normalized spacial score (nSPS) is 23.7. The van der Waals surface area contributed by atoms with Crippen LogP contribution in [0.3, 0.4) is 0 Å². The molecule has 4 rings (SSSR count). The lowest BCUT2D eigenvalue weighted by molar-refractivity contribution is -0.116. The first kappa shape index (κ1) is 20.6. The van der Waals surface area contributed by atoms with Gasteiger partial charge >= 0.3 is 0 Å². The van der Waals surface area contributed by atoms with Gasteiger partial charge in [0.2, 0.25) is 5.91 Å². The third kappa shape index (κ3) is 4.73. The van der Waals surface area contributed by atoms with Gasteiger partial charge in [0.25, 0.3) is 5.91 Å². The highest BCUT2D eigenvalue weighted by Gasteiger charge is 2.29. The van der Waals surface area contributed by atoms with Crippen molar-refractivity contribution in [2.45, 2.75) is 38.6 Å². The number of nitrogens with one attached hydrogen (secondary N) is 2. The summed E-state index contributed by atoms with van der Waals surface area (Å²) >= 11 is 0. The number of carbonyl (C=O) groups excluding carboxylic acids is 2. The zero-order valence-corrected chi connectivity index (χ0v) is 17.9. The van der Waals surface area contributed by atoms with Gasteiger partial charge in [-0.2, -0.15) is 0 Å². The van der Waals surface area contributed by atoms with E-state index in [4.69, 9.17) is 0 Å². The van der Waals surface area contributed by atoms with Crippen molar-refractivity contribution in [2.75, 3.05) is 25.5 Å². The molecule has 2 amide bonds. The molecule has 2 N–H and O–H groups in total. The molecule has 0 radical (unpaired) electrons. The van der Waals surface area contributed by atoms with Crippen LogP contribution < -0.4 is 10.6 Å². The number of aryl methyl sites for hydroxylation is 1. The van der Waals surface area contributed by atoms with Crippen molar-refractivity contribution in [1.29, 1.82) is 0 Å². The molecule has 2 aliphatic rings. The number of anilines is 1. The summed E-state index contributed by atoms with van der Waals surface area (Å²) in [4.78, 5) is 26.9. The van der Waals surface area contributed by atoms with Crippen LogP contribution in [0.5, 0.6) is 0 Å². The Balaban J connectivity index is 1.27. The van der Waals surface area contributed by atoms with E-state index in [0.717, 1.165) is 29.5 Å². The van der Waals surface area contributed by atoms with Crippen LogP contribution in [0.15, 0.2) is 48.5 Å². The Morgan fingerprint density at radius 2 is 1.93 bits per heavy atom.